The molecule has 0 aromatic rings. The van der Waals surface area contributed by atoms with Crippen molar-refractivity contribution < 1.29 is 4.79 Å². The van der Waals surface area contributed by atoms with Crippen molar-refractivity contribution in [1.29, 1.82) is 0 Å². The number of urea groups is 1. The van der Waals surface area contributed by atoms with E-state index < -0.39 is 0 Å². The van der Waals surface area contributed by atoms with Crippen LogP contribution in [0.2, 0.25) is 0 Å². The lowest BCUT2D eigenvalue weighted by Crippen LogP contribution is -2.49. The summed E-state index contributed by atoms with van der Waals surface area (Å²) >= 11 is 0. The highest BCUT2D eigenvalue weighted by molar-refractivity contribution is 5.74. The molecule has 0 saturated carbocycles. The highest BCUT2D eigenvalue weighted by Crippen LogP contribution is 2.00. The molecule has 4 nitrogen and oxygen atoms in total. The van der Waals surface area contributed by atoms with E-state index in [0.29, 0.717) is 19.6 Å². The second-order valence-corrected chi connectivity index (χ2v) is 4.05. The molecule has 13 heavy (non-hydrogen) atoms. The van der Waals surface area contributed by atoms with Gasteiger partial charge in [0.15, 0.2) is 0 Å². The Bertz CT molecular complexity index is 163. The normalized spacial score (nSPS) is 11.2. The van der Waals surface area contributed by atoms with Crippen molar-refractivity contribution in [3.05, 3.63) is 0 Å². The zero-order chi connectivity index (χ0) is 10.5. The van der Waals surface area contributed by atoms with Crippen molar-refractivity contribution in [1.82, 2.24) is 10.2 Å². The monoisotopic (exact) mass is 187 g/mol. The lowest BCUT2D eigenvalue weighted by atomic mass is 10.1. The van der Waals surface area contributed by atoms with Gasteiger partial charge in [-0.05, 0) is 27.7 Å². The highest BCUT2D eigenvalue weighted by atomic mass is 16.2. The number of carbonyl (C=O) groups excluding carboxylic acids is 1. The van der Waals surface area contributed by atoms with Gasteiger partial charge >= 0.3 is 6.03 Å². The van der Waals surface area contributed by atoms with E-state index in [0.717, 1.165) is 0 Å². The Morgan fingerprint density at radius 1 is 1.46 bits per heavy atom. The molecule has 0 saturated heterocycles. The average Bonchev–Trinajstić information content (AvgIpc) is 1.96. The summed E-state index contributed by atoms with van der Waals surface area (Å²) in [4.78, 5) is 13.2. The summed E-state index contributed by atoms with van der Waals surface area (Å²) in [6.45, 7) is 9.63. The van der Waals surface area contributed by atoms with E-state index in [2.05, 4.69) is 5.32 Å². The first kappa shape index (κ1) is 12.2. The minimum atomic E-state index is -0.181. The Hall–Kier alpha value is -0.770. The van der Waals surface area contributed by atoms with Crippen LogP contribution in [-0.4, -0.2) is 36.1 Å². The molecule has 4 heteroatoms. The first-order chi connectivity index (χ1) is 5.90. The lowest BCUT2D eigenvalue weighted by Gasteiger charge is -2.27. The molecule has 0 aliphatic carbocycles. The van der Waals surface area contributed by atoms with Crippen molar-refractivity contribution in [3.63, 3.8) is 0 Å². The molecule has 0 aromatic heterocycles. The molecule has 0 bridgehead atoms. The zero-order valence-corrected chi connectivity index (χ0v) is 9.05. The Morgan fingerprint density at radius 2 is 2.00 bits per heavy atom. The molecule has 0 spiro atoms. The summed E-state index contributed by atoms with van der Waals surface area (Å²) in [5, 5.41) is 2.89. The van der Waals surface area contributed by atoms with Crippen molar-refractivity contribution in [3.8, 4) is 0 Å². The summed E-state index contributed by atoms with van der Waals surface area (Å²) in [5.74, 6) is 0. The van der Waals surface area contributed by atoms with E-state index in [4.69, 9.17) is 5.73 Å². The Kier molecular flexibility index (Phi) is 4.77. The van der Waals surface area contributed by atoms with Gasteiger partial charge in [-0.25, -0.2) is 4.79 Å². The van der Waals surface area contributed by atoms with Gasteiger partial charge in [0.1, 0.15) is 0 Å². The van der Waals surface area contributed by atoms with Gasteiger partial charge in [-0.1, -0.05) is 0 Å². The molecule has 0 heterocycles. The van der Waals surface area contributed by atoms with Crippen LogP contribution in [0.15, 0.2) is 0 Å². The van der Waals surface area contributed by atoms with Crippen molar-refractivity contribution in [2.24, 2.45) is 5.73 Å². The molecule has 0 fully saturated rings. The topological polar surface area (TPSA) is 58.4 Å². The van der Waals surface area contributed by atoms with Crippen LogP contribution in [0.3, 0.4) is 0 Å². The van der Waals surface area contributed by atoms with Crippen molar-refractivity contribution >= 4 is 6.03 Å². The number of hydrogen-bond acceptors (Lipinski definition) is 2. The van der Waals surface area contributed by atoms with Gasteiger partial charge in [0.05, 0.1) is 0 Å². The first-order valence-electron chi connectivity index (χ1n) is 4.68. The number of hydrogen-bond donors (Lipinski definition) is 2. The Labute approximate surface area is 80.5 Å². The number of nitrogens with two attached hydrogens (primary N) is 1. The van der Waals surface area contributed by atoms with Gasteiger partial charge in [0, 0.05) is 25.2 Å². The third kappa shape index (κ3) is 5.47. The standard InChI is InChI=1S/C9H21N3O/c1-5-12(7-6-10)8(13)11-9(2,3)4/h5-7,10H2,1-4H3,(H,11,13). The van der Waals surface area contributed by atoms with Crippen LogP contribution in [0.1, 0.15) is 27.7 Å². The van der Waals surface area contributed by atoms with Gasteiger partial charge in [-0.3, -0.25) is 0 Å². The number of nitrogens with zero attached hydrogens (tertiary/aromatic N) is 1. The zero-order valence-electron chi connectivity index (χ0n) is 9.05. The van der Waals surface area contributed by atoms with Crippen LogP contribution in [0.4, 0.5) is 4.79 Å². The van der Waals surface area contributed by atoms with Gasteiger partial charge < -0.3 is 16.0 Å². The average molecular weight is 187 g/mol. The molecule has 78 valence electrons. The fourth-order valence-electron chi connectivity index (χ4n) is 0.959. The maximum Gasteiger partial charge on any atom is 0.317 e. The van der Waals surface area contributed by atoms with Gasteiger partial charge in [-0.2, -0.15) is 0 Å². The predicted octanol–water partition coefficient (Wildman–Crippen LogP) is 0.775. The molecule has 3 N–H and O–H groups in total. The van der Waals surface area contributed by atoms with Gasteiger partial charge in [0.25, 0.3) is 0 Å². The summed E-state index contributed by atoms with van der Waals surface area (Å²) in [7, 11) is 0. The summed E-state index contributed by atoms with van der Waals surface area (Å²) in [6.07, 6.45) is 0. The van der Waals surface area contributed by atoms with Crippen molar-refractivity contribution in [2.75, 3.05) is 19.6 Å². The lowest BCUT2D eigenvalue weighted by molar-refractivity contribution is 0.192. The van der Waals surface area contributed by atoms with Crippen LogP contribution in [0, 0.1) is 0 Å². The molecule has 0 atom stereocenters. The van der Waals surface area contributed by atoms with E-state index >= 15 is 0 Å². The summed E-state index contributed by atoms with van der Waals surface area (Å²) < 4.78 is 0. The maximum absolute atomic E-state index is 11.5. The second kappa shape index (κ2) is 5.07. The smallest absolute Gasteiger partial charge is 0.317 e. The molecular weight excluding hydrogens is 166 g/mol. The first-order valence-corrected chi connectivity index (χ1v) is 4.68. The van der Waals surface area contributed by atoms with Crippen molar-refractivity contribution in [2.45, 2.75) is 33.2 Å². The van der Waals surface area contributed by atoms with Crippen LogP contribution in [0.25, 0.3) is 0 Å². The third-order valence-electron chi connectivity index (χ3n) is 1.55. The van der Waals surface area contributed by atoms with E-state index in [1.165, 1.54) is 0 Å². The predicted molar refractivity (Wildman–Crippen MR) is 54.6 cm³/mol. The molecule has 0 aliphatic rings. The van der Waals surface area contributed by atoms with Gasteiger partial charge in [0.2, 0.25) is 0 Å². The number of likely N-dealkylation sites (N-methyl/N-ethyl adjacent to an activating group) is 1. The molecule has 0 aliphatic heterocycles. The third-order valence-corrected chi connectivity index (χ3v) is 1.55. The minimum absolute atomic E-state index is 0.0412. The number of rotatable bonds is 3. The summed E-state index contributed by atoms with van der Waals surface area (Å²) in [6, 6.07) is -0.0412. The molecule has 0 unspecified atom stereocenters. The van der Waals surface area contributed by atoms with Gasteiger partial charge in [-0.15, -0.1) is 0 Å². The largest absolute Gasteiger partial charge is 0.333 e. The molecule has 2 amide bonds. The van der Waals surface area contributed by atoms with E-state index in [9.17, 15) is 4.79 Å². The molecule has 0 radical (unpaired) electrons. The quantitative estimate of drug-likeness (QED) is 0.686. The van der Waals surface area contributed by atoms with E-state index in [-0.39, 0.29) is 11.6 Å². The Morgan fingerprint density at radius 3 is 2.31 bits per heavy atom. The number of carbonyl (C=O) groups is 1. The fourth-order valence-corrected chi connectivity index (χ4v) is 0.959. The van der Waals surface area contributed by atoms with E-state index in [1.807, 2.05) is 27.7 Å². The maximum atomic E-state index is 11.5. The fraction of sp³-hybridized carbons (Fsp3) is 0.889. The Balaban J connectivity index is 4.06. The van der Waals surface area contributed by atoms with Crippen LogP contribution >= 0.6 is 0 Å². The second-order valence-electron chi connectivity index (χ2n) is 4.05. The van der Waals surface area contributed by atoms with Crippen LogP contribution < -0.4 is 11.1 Å². The number of nitrogens with one attached hydrogen (secondary N) is 1. The molecular formula is C9H21N3O. The minimum Gasteiger partial charge on any atom is -0.333 e. The SMILES string of the molecule is CCN(CCN)C(=O)NC(C)(C)C. The molecule has 0 rings (SSSR count). The summed E-state index contributed by atoms with van der Waals surface area (Å²) in [5.41, 5.74) is 5.20. The van der Waals surface area contributed by atoms with Crippen LogP contribution in [0.5, 0.6) is 0 Å². The number of amides is 2. The highest BCUT2D eigenvalue weighted by Gasteiger charge is 2.17. The van der Waals surface area contributed by atoms with E-state index in [1.54, 1.807) is 4.90 Å². The van der Waals surface area contributed by atoms with Crippen LogP contribution in [-0.2, 0) is 0 Å². The molecule has 0 aromatic carbocycles.